The number of aromatic nitrogens is 1. The monoisotopic (exact) mass is 393 g/mol. The van der Waals surface area contributed by atoms with Gasteiger partial charge in [0, 0.05) is 37.8 Å². The van der Waals surface area contributed by atoms with E-state index in [4.69, 9.17) is 16.6 Å². The van der Waals surface area contributed by atoms with Crippen molar-refractivity contribution in [3.8, 4) is 0 Å². The lowest BCUT2D eigenvalue weighted by Gasteiger charge is -2.08. The topological polar surface area (TPSA) is 54.4 Å². The molecule has 0 unspecified atom stereocenters. The molecule has 1 aliphatic heterocycles. The predicted octanol–water partition coefficient (Wildman–Crippen LogP) is 5.27. The van der Waals surface area contributed by atoms with Crippen LogP contribution in [0.5, 0.6) is 0 Å². The first-order valence-electron chi connectivity index (χ1n) is 8.45. The Hall–Kier alpha value is -2.63. The van der Waals surface area contributed by atoms with E-state index >= 15 is 0 Å². The van der Waals surface area contributed by atoms with Gasteiger partial charge in [0.05, 0.1) is 17.9 Å². The van der Waals surface area contributed by atoms with Crippen molar-refractivity contribution in [1.82, 2.24) is 10.3 Å². The number of aliphatic imine (C=N–C) groups is 1. The molecule has 4 rings (SSSR count). The molecule has 1 aromatic heterocycles. The number of benzene rings is 2. The molecule has 1 amide bonds. The highest BCUT2D eigenvalue weighted by Crippen LogP contribution is 2.41. The summed E-state index contributed by atoms with van der Waals surface area (Å²) in [5.74, 6) is -0.147. The average molecular weight is 394 g/mol. The summed E-state index contributed by atoms with van der Waals surface area (Å²) in [5.41, 5.74) is 4.08. The Morgan fingerprint density at radius 1 is 1.11 bits per heavy atom. The van der Waals surface area contributed by atoms with Crippen LogP contribution >= 0.6 is 23.4 Å². The summed E-state index contributed by atoms with van der Waals surface area (Å²) >= 11 is 7.77. The summed E-state index contributed by atoms with van der Waals surface area (Å²) in [4.78, 5) is 23.6. The molecule has 0 saturated heterocycles. The van der Waals surface area contributed by atoms with Gasteiger partial charge in [-0.25, -0.2) is 0 Å². The van der Waals surface area contributed by atoms with Gasteiger partial charge in [-0.1, -0.05) is 29.4 Å². The summed E-state index contributed by atoms with van der Waals surface area (Å²) in [5, 5.41) is 3.58. The number of amides is 1. The Bertz CT molecular complexity index is 1050. The Kier molecular flexibility index (Phi) is 4.97. The first-order chi connectivity index (χ1) is 13.1. The van der Waals surface area contributed by atoms with Crippen LogP contribution in [0.15, 0.2) is 75.6 Å². The van der Waals surface area contributed by atoms with Crippen LogP contribution in [0, 0.1) is 0 Å². The van der Waals surface area contributed by atoms with Crippen molar-refractivity contribution < 1.29 is 4.79 Å². The van der Waals surface area contributed by atoms with Crippen LogP contribution in [0.3, 0.4) is 0 Å². The fourth-order valence-corrected chi connectivity index (χ4v) is 4.05. The molecule has 4 nitrogen and oxygen atoms in total. The number of halogens is 1. The zero-order chi connectivity index (χ0) is 18.8. The fourth-order valence-electron chi connectivity index (χ4n) is 2.84. The minimum Gasteiger partial charge on any atom is -0.346 e. The van der Waals surface area contributed by atoms with Gasteiger partial charge < -0.3 is 5.32 Å². The van der Waals surface area contributed by atoms with Gasteiger partial charge in [0.25, 0.3) is 5.91 Å². The molecule has 0 bridgehead atoms. The Labute approximate surface area is 166 Å². The average Bonchev–Trinajstić information content (AvgIpc) is 2.82. The second-order valence-electron chi connectivity index (χ2n) is 6.13. The van der Waals surface area contributed by atoms with Crippen molar-refractivity contribution >= 4 is 40.7 Å². The van der Waals surface area contributed by atoms with E-state index in [1.54, 1.807) is 18.0 Å². The van der Waals surface area contributed by atoms with Crippen molar-refractivity contribution in [3.05, 3.63) is 82.6 Å². The second-order valence-corrected chi connectivity index (χ2v) is 7.65. The number of hydrogen-bond acceptors (Lipinski definition) is 4. The van der Waals surface area contributed by atoms with Crippen LogP contribution in [0.25, 0.3) is 0 Å². The van der Waals surface area contributed by atoms with Gasteiger partial charge in [-0.15, -0.1) is 0 Å². The molecule has 1 N–H and O–H groups in total. The molecular formula is C21H16ClN3OS. The van der Waals surface area contributed by atoms with E-state index in [1.165, 1.54) is 0 Å². The van der Waals surface area contributed by atoms with E-state index in [-0.39, 0.29) is 5.91 Å². The third-order valence-corrected chi connectivity index (χ3v) is 5.59. The number of rotatable bonds is 3. The molecule has 6 heteroatoms. The number of fused-ring (bicyclic) bond motifs is 2. The maximum Gasteiger partial charge on any atom is 0.251 e. The third kappa shape index (κ3) is 3.89. The van der Waals surface area contributed by atoms with Gasteiger partial charge in [-0.3, -0.25) is 14.8 Å². The quantitative estimate of drug-likeness (QED) is 0.659. The number of carbonyl (C=O) groups excluding carboxylic acids is 1. The van der Waals surface area contributed by atoms with Crippen LogP contribution in [0.1, 0.15) is 28.5 Å². The molecule has 0 spiro atoms. The lowest BCUT2D eigenvalue weighted by atomic mass is 10.1. The van der Waals surface area contributed by atoms with Gasteiger partial charge in [0.2, 0.25) is 0 Å². The highest BCUT2D eigenvalue weighted by molar-refractivity contribution is 7.99. The summed E-state index contributed by atoms with van der Waals surface area (Å²) in [6.07, 6.45) is 1.71. The molecule has 0 fully saturated rings. The Morgan fingerprint density at radius 2 is 1.96 bits per heavy atom. The SMILES string of the molecule is CC1=Nc2cc(C(=O)NCc3ccccn3)ccc2Sc2ccc(Cl)cc21. The summed E-state index contributed by atoms with van der Waals surface area (Å²) in [6.45, 7) is 2.34. The molecule has 134 valence electrons. The number of hydrogen-bond donors (Lipinski definition) is 1. The first-order valence-corrected chi connectivity index (χ1v) is 9.65. The van der Waals surface area contributed by atoms with E-state index < -0.39 is 0 Å². The van der Waals surface area contributed by atoms with E-state index in [9.17, 15) is 4.79 Å². The van der Waals surface area contributed by atoms with Crippen molar-refractivity contribution in [3.63, 3.8) is 0 Å². The summed E-state index contributed by atoms with van der Waals surface area (Å²) in [6, 6.07) is 17.0. The number of carbonyl (C=O) groups is 1. The lowest BCUT2D eigenvalue weighted by molar-refractivity contribution is 0.0950. The van der Waals surface area contributed by atoms with Crippen LogP contribution < -0.4 is 5.32 Å². The van der Waals surface area contributed by atoms with Gasteiger partial charge >= 0.3 is 0 Å². The molecule has 0 radical (unpaired) electrons. The maximum atomic E-state index is 12.5. The van der Waals surface area contributed by atoms with Gasteiger partial charge in [-0.2, -0.15) is 0 Å². The molecule has 0 saturated carbocycles. The van der Waals surface area contributed by atoms with Crippen LogP contribution in [0.2, 0.25) is 5.02 Å². The highest BCUT2D eigenvalue weighted by atomic mass is 35.5. The first kappa shape index (κ1) is 17.8. The van der Waals surface area contributed by atoms with E-state index in [0.717, 1.165) is 32.4 Å². The van der Waals surface area contributed by atoms with Crippen LogP contribution in [0.4, 0.5) is 5.69 Å². The zero-order valence-corrected chi connectivity index (χ0v) is 16.1. The standard InChI is InChI=1S/C21H16ClN3OS/c1-13-17-11-15(22)6-8-19(17)27-20-7-5-14(10-18(20)25-13)21(26)24-12-16-4-2-3-9-23-16/h2-11H,12H2,1H3,(H,24,26). The van der Waals surface area contributed by atoms with Gasteiger partial charge in [0.1, 0.15) is 0 Å². The Morgan fingerprint density at radius 3 is 2.78 bits per heavy atom. The maximum absolute atomic E-state index is 12.5. The van der Waals surface area contributed by atoms with Crippen molar-refractivity contribution in [2.45, 2.75) is 23.3 Å². The largest absolute Gasteiger partial charge is 0.346 e. The van der Waals surface area contributed by atoms with Crippen molar-refractivity contribution in [1.29, 1.82) is 0 Å². The Balaban J connectivity index is 1.59. The molecule has 3 aromatic rings. The number of pyridine rings is 1. The van der Waals surface area contributed by atoms with Crippen LogP contribution in [-0.2, 0) is 6.54 Å². The number of nitrogens with zero attached hydrogens (tertiary/aromatic N) is 2. The zero-order valence-electron chi connectivity index (χ0n) is 14.6. The van der Waals surface area contributed by atoms with Crippen LogP contribution in [-0.4, -0.2) is 16.6 Å². The second kappa shape index (κ2) is 7.55. The molecule has 2 heterocycles. The fraction of sp³-hybridized carbons (Fsp3) is 0.0952. The highest BCUT2D eigenvalue weighted by Gasteiger charge is 2.17. The van der Waals surface area contributed by atoms with Gasteiger partial charge in [0.15, 0.2) is 0 Å². The van der Waals surface area contributed by atoms with E-state index in [1.807, 2.05) is 61.5 Å². The van der Waals surface area contributed by atoms with Crippen molar-refractivity contribution in [2.24, 2.45) is 4.99 Å². The summed E-state index contributed by atoms with van der Waals surface area (Å²) < 4.78 is 0. The van der Waals surface area contributed by atoms with E-state index in [2.05, 4.69) is 10.3 Å². The molecule has 27 heavy (non-hydrogen) atoms. The number of nitrogens with one attached hydrogen (secondary N) is 1. The minimum atomic E-state index is -0.147. The van der Waals surface area contributed by atoms with Gasteiger partial charge in [-0.05, 0) is 55.5 Å². The third-order valence-electron chi connectivity index (χ3n) is 4.22. The van der Waals surface area contributed by atoms with E-state index in [0.29, 0.717) is 17.1 Å². The molecule has 0 atom stereocenters. The molecule has 0 aliphatic carbocycles. The lowest BCUT2D eigenvalue weighted by Crippen LogP contribution is -2.23. The normalized spacial score (nSPS) is 12.4. The smallest absolute Gasteiger partial charge is 0.251 e. The molecule has 1 aliphatic rings. The molecular weight excluding hydrogens is 378 g/mol. The molecule has 2 aromatic carbocycles. The van der Waals surface area contributed by atoms with Crippen molar-refractivity contribution in [2.75, 3.05) is 0 Å². The minimum absolute atomic E-state index is 0.147. The summed E-state index contributed by atoms with van der Waals surface area (Å²) in [7, 11) is 0. The predicted molar refractivity (Wildman–Crippen MR) is 109 cm³/mol.